The Morgan fingerprint density at radius 2 is 0.766 bits per heavy atom. The topological polar surface area (TPSA) is 89.9 Å². The summed E-state index contributed by atoms with van der Waals surface area (Å²) in [6.45, 7) is 17.6. The molecule has 0 saturated heterocycles. The van der Waals surface area contributed by atoms with Crippen molar-refractivity contribution in [3.05, 3.63) is 251 Å². The van der Waals surface area contributed by atoms with Gasteiger partial charge in [0.05, 0.1) is 75.4 Å². The first kappa shape index (κ1) is 47.1. The summed E-state index contributed by atoms with van der Waals surface area (Å²) in [5, 5.41) is 35.3. The number of rotatable bonds is 7. The molecule has 12 aromatic rings. The second-order valence-corrected chi connectivity index (χ2v) is 18.8. The van der Waals surface area contributed by atoms with Gasteiger partial charge in [0, 0.05) is 21.5 Å². The van der Waals surface area contributed by atoms with Gasteiger partial charge < -0.3 is 9.13 Å². The minimum absolute atomic E-state index is 0.220. The van der Waals surface area contributed by atoms with E-state index in [0.29, 0.717) is 67.1 Å². The van der Waals surface area contributed by atoms with Gasteiger partial charge in [0.25, 0.3) is 0 Å². The molecular formula is C67H36F3N7. The molecule has 0 fully saturated rings. The van der Waals surface area contributed by atoms with E-state index in [0.717, 1.165) is 78.2 Å². The largest absolute Gasteiger partial charge is 0.416 e. The molecule has 0 amide bonds. The van der Waals surface area contributed by atoms with Crippen LogP contribution in [-0.4, -0.2) is 9.13 Å². The highest BCUT2D eigenvalue weighted by Gasteiger charge is 2.32. The van der Waals surface area contributed by atoms with Crippen LogP contribution in [0.15, 0.2) is 200 Å². The Balaban J connectivity index is 1.21. The Hall–Kier alpha value is -11.0. The van der Waals surface area contributed by atoms with Crippen LogP contribution >= 0.6 is 0 Å². The maximum atomic E-state index is 14.8. The maximum Gasteiger partial charge on any atom is 0.416 e. The van der Waals surface area contributed by atoms with Crippen LogP contribution in [0.2, 0.25) is 0 Å². The van der Waals surface area contributed by atoms with Crippen LogP contribution < -0.4 is 0 Å². The van der Waals surface area contributed by atoms with Crippen LogP contribution in [0.4, 0.5) is 24.5 Å². The van der Waals surface area contributed by atoms with E-state index in [9.17, 15) is 29.0 Å². The van der Waals surface area contributed by atoms with Crippen LogP contribution in [-0.2, 0) is 6.18 Å². The fourth-order valence-corrected chi connectivity index (χ4v) is 10.9. The molecule has 12 rings (SSSR count). The van der Waals surface area contributed by atoms with Crippen molar-refractivity contribution in [3.63, 3.8) is 0 Å². The molecule has 2 aromatic heterocycles. The number of aryl methyl sites for hydroxylation is 1. The number of benzene rings is 10. The van der Waals surface area contributed by atoms with Gasteiger partial charge in [-0.1, -0.05) is 115 Å². The Morgan fingerprint density at radius 3 is 1.14 bits per heavy atom. The van der Waals surface area contributed by atoms with Crippen molar-refractivity contribution < 1.29 is 13.2 Å². The van der Waals surface area contributed by atoms with Gasteiger partial charge in [-0.05, 0) is 153 Å². The molecule has 77 heavy (non-hydrogen) atoms. The zero-order valence-corrected chi connectivity index (χ0v) is 40.8. The summed E-state index contributed by atoms with van der Waals surface area (Å²) in [5.74, 6) is 0. The van der Waals surface area contributed by atoms with Crippen molar-refractivity contribution in [1.82, 2.24) is 9.13 Å². The summed E-state index contributed by atoms with van der Waals surface area (Å²) in [4.78, 5) is 7.63. The highest BCUT2D eigenvalue weighted by molar-refractivity contribution is 6.14. The maximum absolute atomic E-state index is 14.8. The molecule has 10 aromatic carbocycles. The number of halogens is 3. The van der Waals surface area contributed by atoms with Crippen molar-refractivity contribution in [2.24, 2.45) is 0 Å². The van der Waals surface area contributed by atoms with Crippen molar-refractivity contribution >= 4 is 55.0 Å². The van der Waals surface area contributed by atoms with Gasteiger partial charge in [-0.25, -0.2) is 9.69 Å². The summed E-state index contributed by atoms with van der Waals surface area (Å²) < 4.78 is 48.3. The molecule has 2 heterocycles. The van der Waals surface area contributed by atoms with Crippen molar-refractivity contribution in [2.45, 2.75) is 13.1 Å². The third-order valence-corrected chi connectivity index (χ3v) is 14.3. The number of nitriles is 3. The SMILES string of the molecule is [C-]#[N+]c1ccccc1-c1ccc2c(c1)c1cc(-c3ccccc3C#N)ccc1n2-c1cc(-c2cc(C)cc(C(F)(F)F)c2)cc(-n2c3ccc(-c4ccccc4C#N)cc3c3cc(-c4ccccc4[N+]#[C-])ccc32)c1C#N. The number of aromatic nitrogens is 2. The molecule has 0 aliphatic rings. The van der Waals surface area contributed by atoms with Gasteiger partial charge in [0.2, 0.25) is 0 Å². The molecule has 7 nitrogen and oxygen atoms in total. The number of para-hydroxylation sites is 2. The number of alkyl halides is 3. The fourth-order valence-electron chi connectivity index (χ4n) is 10.9. The van der Waals surface area contributed by atoms with Crippen molar-refractivity contribution in [3.8, 4) is 85.2 Å². The van der Waals surface area contributed by atoms with Gasteiger partial charge in [0.15, 0.2) is 11.4 Å². The highest BCUT2D eigenvalue weighted by Crippen LogP contribution is 2.45. The fraction of sp³-hybridized carbons (Fsp3) is 0.0299. The average molecular weight is 996 g/mol. The van der Waals surface area contributed by atoms with Gasteiger partial charge in [-0.2, -0.15) is 29.0 Å². The Labute approximate surface area is 440 Å². The predicted molar refractivity (Wildman–Crippen MR) is 299 cm³/mol. The Kier molecular flexibility index (Phi) is 11.3. The molecule has 0 bridgehead atoms. The molecule has 0 saturated carbocycles. The first-order chi connectivity index (χ1) is 37.5. The summed E-state index contributed by atoms with van der Waals surface area (Å²) in [7, 11) is 0. The standard InChI is InChI=1S/C67H36F3N7/c1-40-28-47(30-49(29-40)67(68,69)70)48-35-65(76-61-24-20-41(50-14-6-4-12-45(50)37-71)31-54(61)56-33-43(22-26-63(56)76)52-16-8-10-18-59(52)74-2)58(39-73)66(36-48)77-62-25-21-42(51-15-7-5-13-46(51)38-72)32-55(62)57-34-44(23-27-64(57)77)53-17-9-11-19-60(53)75-3/h4-36H,1H3. The summed E-state index contributed by atoms with van der Waals surface area (Å²) in [6.07, 6.45) is -4.66. The van der Waals surface area contributed by atoms with Crippen LogP contribution in [0.3, 0.4) is 0 Å². The van der Waals surface area contributed by atoms with Gasteiger partial charge in [0.1, 0.15) is 11.6 Å². The lowest BCUT2D eigenvalue weighted by atomic mass is 9.96. The first-order valence-corrected chi connectivity index (χ1v) is 24.4. The van der Waals surface area contributed by atoms with Crippen LogP contribution in [0, 0.1) is 54.1 Å². The minimum atomic E-state index is -4.66. The normalized spacial score (nSPS) is 11.3. The Morgan fingerprint density at radius 1 is 0.403 bits per heavy atom. The number of hydrogen-bond acceptors (Lipinski definition) is 3. The van der Waals surface area contributed by atoms with Crippen molar-refractivity contribution in [1.29, 1.82) is 15.8 Å². The van der Waals surface area contributed by atoms with Crippen LogP contribution in [0.1, 0.15) is 27.8 Å². The molecule has 0 radical (unpaired) electrons. The first-order valence-electron chi connectivity index (χ1n) is 24.4. The molecule has 360 valence electrons. The molecule has 0 aliphatic carbocycles. The van der Waals surface area contributed by atoms with Gasteiger partial charge in [-0.15, -0.1) is 0 Å². The number of fused-ring (bicyclic) bond motifs is 6. The monoisotopic (exact) mass is 995 g/mol. The van der Waals surface area contributed by atoms with E-state index in [1.807, 2.05) is 155 Å². The smallest absolute Gasteiger partial charge is 0.308 e. The number of hydrogen-bond donors (Lipinski definition) is 0. The van der Waals surface area contributed by atoms with Crippen LogP contribution in [0.25, 0.3) is 120 Å². The van der Waals surface area contributed by atoms with Gasteiger partial charge in [-0.3, -0.25) is 0 Å². The third-order valence-electron chi connectivity index (χ3n) is 14.3. The van der Waals surface area contributed by atoms with E-state index in [4.69, 9.17) is 13.1 Å². The molecule has 0 spiro atoms. The van der Waals surface area contributed by atoms with E-state index in [-0.39, 0.29) is 11.1 Å². The van der Waals surface area contributed by atoms with E-state index < -0.39 is 11.7 Å². The molecule has 0 atom stereocenters. The highest BCUT2D eigenvalue weighted by atomic mass is 19.4. The summed E-state index contributed by atoms with van der Waals surface area (Å²) >= 11 is 0. The quantitative estimate of drug-likeness (QED) is 0.149. The van der Waals surface area contributed by atoms with Gasteiger partial charge >= 0.3 is 6.18 Å². The zero-order chi connectivity index (χ0) is 53.1. The molecule has 0 aliphatic heterocycles. The van der Waals surface area contributed by atoms with Crippen molar-refractivity contribution in [2.75, 3.05) is 0 Å². The van der Waals surface area contributed by atoms with E-state index in [1.165, 1.54) is 0 Å². The lowest BCUT2D eigenvalue weighted by Gasteiger charge is -2.19. The third kappa shape index (κ3) is 7.89. The molecular weight excluding hydrogens is 960 g/mol. The van der Waals surface area contributed by atoms with E-state index >= 15 is 0 Å². The average Bonchev–Trinajstić information content (AvgIpc) is 3.98. The van der Waals surface area contributed by atoms with Crippen LogP contribution in [0.5, 0.6) is 0 Å². The molecule has 10 heteroatoms. The summed E-state index contributed by atoms with van der Waals surface area (Å²) in [6, 6.07) is 67.7. The lowest BCUT2D eigenvalue weighted by molar-refractivity contribution is -0.137. The van der Waals surface area contributed by atoms with E-state index in [2.05, 4.69) is 27.9 Å². The minimum Gasteiger partial charge on any atom is -0.308 e. The number of nitrogens with zero attached hydrogens (tertiary/aromatic N) is 7. The molecule has 0 N–H and O–H groups in total. The predicted octanol–water partition coefficient (Wildman–Crippen LogP) is 18.3. The second kappa shape index (κ2) is 18.5. The lowest BCUT2D eigenvalue weighted by Crippen LogP contribution is -2.07. The second-order valence-electron chi connectivity index (χ2n) is 18.8. The Bertz CT molecular complexity index is 4220. The van der Waals surface area contributed by atoms with E-state index in [1.54, 1.807) is 49.4 Å². The summed E-state index contributed by atoms with van der Waals surface area (Å²) in [5.41, 5.74) is 11.9. The zero-order valence-electron chi connectivity index (χ0n) is 40.8. The molecule has 0 unspecified atom stereocenters.